The van der Waals surface area contributed by atoms with Crippen LogP contribution in [0.1, 0.15) is 22.8 Å². The number of rotatable bonds is 1. The van der Waals surface area contributed by atoms with Crippen LogP contribution in [-0.2, 0) is 0 Å². The number of ketones is 1. The van der Waals surface area contributed by atoms with Crippen LogP contribution < -0.4 is 0 Å². The Morgan fingerprint density at radius 3 is 2.68 bits per heavy atom. The molecule has 0 aliphatic heterocycles. The van der Waals surface area contributed by atoms with Gasteiger partial charge in [-0.05, 0) is 36.2 Å². The predicted molar refractivity (Wildman–Crippen MR) is 85.4 cm³/mol. The molecule has 0 saturated carbocycles. The van der Waals surface area contributed by atoms with Crippen molar-refractivity contribution in [2.24, 2.45) is 0 Å². The molecule has 0 saturated heterocycles. The molecule has 0 amide bonds. The van der Waals surface area contributed by atoms with Gasteiger partial charge in [0.1, 0.15) is 16.8 Å². The van der Waals surface area contributed by atoms with Crippen LogP contribution >= 0.6 is 0 Å². The van der Waals surface area contributed by atoms with Crippen LogP contribution in [0.15, 0.2) is 41.1 Å². The first-order chi connectivity index (χ1) is 10.6. The van der Waals surface area contributed by atoms with Crippen molar-refractivity contribution in [3.8, 4) is 5.75 Å². The molecule has 4 aromatic rings. The van der Waals surface area contributed by atoms with E-state index in [1.54, 1.807) is 0 Å². The van der Waals surface area contributed by atoms with Crippen molar-refractivity contribution in [2.45, 2.75) is 13.8 Å². The molecule has 22 heavy (non-hydrogen) atoms. The Morgan fingerprint density at radius 1 is 1.14 bits per heavy atom. The summed E-state index contributed by atoms with van der Waals surface area (Å²) in [6, 6.07) is 9.80. The summed E-state index contributed by atoms with van der Waals surface area (Å²) < 4.78 is 5.39. The third kappa shape index (κ3) is 1.52. The van der Waals surface area contributed by atoms with Gasteiger partial charge < -0.3 is 9.52 Å². The monoisotopic (exact) mass is 291 g/mol. The molecule has 1 heterocycles. The first kappa shape index (κ1) is 12.8. The maximum Gasteiger partial charge on any atom is 0.182 e. The standard InChI is InChI=1S/C18H13NO3/c1-9-4-3-5-12-11(9)6-7-13-15(12)16-18(22-8-19-16)14(10(2)20)17(13)21/h3-8,21H,1-2H3. The Bertz CT molecular complexity index is 1080. The highest BCUT2D eigenvalue weighted by Crippen LogP contribution is 2.40. The van der Waals surface area contributed by atoms with E-state index in [9.17, 15) is 9.90 Å². The second-order valence-electron chi connectivity index (χ2n) is 5.47. The lowest BCUT2D eigenvalue weighted by atomic mass is 9.95. The second kappa shape index (κ2) is 4.31. The van der Waals surface area contributed by atoms with Gasteiger partial charge in [-0.3, -0.25) is 4.79 Å². The minimum Gasteiger partial charge on any atom is -0.506 e. The van der Waals surface area contributed by atoms with Gasteiger partial charge in [-0.15, -0.1) is 0 Å². The van der Waals surface area contributed by atoms with Crippen molar-refractivity contribution >= 4 is 38.4 Å². The van der Waals surface area contributed by atoms with Crippen molar-refractivity contribution in [3.63, 3.8) is 0 Å². The van der Waals surface area contributed by atoms with Crippen LogP contribution in [0.4, 0.5) is 0 Å². The number of aromatic hydroxyl groups is 1. The summed E-state index contributed by atoms with van der Waals surface area (Å²) in [5, 5.41) is 14.1. The molecule has 1 N–H and O–H groups in total. The number of aryl methyl sites for hydroxylation is 1. The van der Waals surface area contributed by atoms with E-state index in [4.69, 9.17) is 4.42 Å². The van der Waals surface area contributed by atoms with Gasteiger partial charge in [-0.25, -0.2) is 4.98 Å². The zero-order chi connectivity index (χ0) is 15.4. The second-order valence-corrected chi connectivity index (χ2v) is 5.47. The van der Waals surface area contributed by atoms with E-state index >= 15 is 0 Å². The summed E-state index contributed by atoms with van der Waals surface area (Å²) in [5.74, 6) is -0.291. The summed E-state index contributed by atoms with van der Waals surface area (Å²) in [6.07, 6.45) is 1.31. The Morgan fingerprint density at radius 2 is 1.91 bits per heavy atom. The predicted octanol–water partition coefficient (Wildman–Crippen LogP) is 4.35. The van der Waals surface area contributed by atoms with Crippen molar-refractivity contribution in [1.29, 1.82) is 0 Å². The summed E-state index contributed by atoms with van der Waals surface area (Å²) in [7, 11) is 0. The average Bonchev–Trinajstić information content (AvgIpc) is 2.95. The Kier molecular flexibility index (Phi) is 2.51. The van der Waals surface area contributed by atoms with Gasteiger partial charge in [-0.2, -0.15) is 0 Å². The van der Waals surface area contributed by atoms with E-state index in [0.29, 0.717) is 16.5 Å². The van der Waals surface area contributed by atoms with Crippen LogP contribution in [0.5, 0.6) is 5.75 Å². The third-order valence-electron chi connectivity index (χ3n) is 4.15. The minimum atomic E-state index is -0.245. The summed E-state index contributed by atoms with van der Waals surface area (Å²) in [5.41, 5.74) is 2.28. The largest absolute Gasteiger partial charge is 0.506 e. The Hall–Kier alpha value is -2.88. The Labute approximate surface area is 126 Å². The van der Waals surface area contributed by atoms with E-state index in [0.717, 1.165) is 21.7 Å². The van der Waals surface area contributed by atoms with Crippen LogP contribution in [0.3, 0.4) is 0 Å². The van der Waals surface area contributed by atoms with Gasteiger partial charge in [0.05, 0.1) is 0 Å². The van der Waals surface area contributed by atoms with Crippen molar-refractivity contribution in [1.82, 2.24) is 4.98 Å². The van der Waals surface area contributed by atoms with Crippen LogP contribution in [-0.4, -0.2) is 15.9 Å². The molecular formula is C18H13NO3. The molecule has 4 nitrogen and oxygen atoms in total. The molecule has 3 aromatic carbocycles. The zero-order valence-electron chi connectivity index (χ0n) is 12.2. The Balaban J connectivity index is 2.38. The van der Waals surface area contributed by atoms with E-state index in [2.05, 4.69) is 4.98 Å². The molecule has 0 atom stereocenters. The van der Waals surface area contributed by atoms with Crippen LogP contribution in [0, 0.1) is 6.92 Å². The number of benzene rings is 3. The lowest BCUT2D eigenvalue weighted by molar-refractivity contribution is 0.101. The zero-order valence-corrected chi connectivity index (χ0v) is 12.2. The van der Waals surface area contributed by atoms with E-state index in [1.165, 1.54) is 13.3 Å². The molecule has 4 heteroatoms. The lowest BCUT2D eigenvalue weighted by Gasteiger charge is -2.10. The summed E-state index contributed by atoms with van der Waals surface area (Å²) >= 11 is 0. The van der Waals surface area contributed by atoms with Crippen molar-refractivity contribution in [2.75, 3.05) is 0 Å². The molecule has 0 spiro atoms. The van der Waals surface area contributed by atoms with Crippen molar-refractivity contribution < 1.29 is 14.3 Å². The van der Waals surface area contributed by atoms with Crippen LogP contribution in [0.25, 0.3) is 32.6 Å². The number of carbonyl (C=O) groups excluding carboxylic acids is 1. The number of nitrogens with zero attached hydrogens (tertiary/aromatic N) is 1. The molecule has 1 aromatic heterocycles. The maximum absolute atomic E-state index is 11.9. The molecule has 0 radical (unpaired) electrons. The maximum atomic E-state index is 11.9. The quantitative estimate of drug-likeness (QED) is 0.418. The van der Waals surface area contributed by atoms with Gasteiger partial charge in [0.2, 0.25) is 0 Å². The normalized spacial score (nSPS) is 11.5. The topological polar surface area (TPSA) is 63.3 Å². The SMILES string of the molecule is CC(=O)c1c(O)c2ccc3c(C)cccc3c2c2ncoc12. The first-order valence-corrected chi connectivity index (χ1v) is 7.00. The highest BCUT2D eigenvalue weighted by molar-refractivity contribution is 6.25. The molecule has 0 aliphatic carbocycles. The molecule has 0 bridgehead atoms. The average molecular weight is 291 g/mol. The van der Waals surface area contributed by atoms with Gasteiger partial charge in [0, 0.05) is 10.8 Å². The fourth-order valence-corrected chi connectivity index (χ4v) is 3.14. The van der Waals surface area contributed by atoms with Crippen molar-refractivity contribution in [3.05, 3.63) is 47.9 Å². The fourth-order valence-electron chi connectivity index (χ4n) is 3.14. The number of carbonyl (C=O) groups is 1. The number of hydrogen-bond donors (Lipinski definition) is 1. The molecule has 4 rings (SSSR count). The fraction of sp³-hybridized carbons (Fsp3) is 0.111. The number of fused-ring (bicyclic) bond motifs is 5. The first-order valence-electron chi connectivity index (χ1n) is 7.00. The molecule has 108 valence electrons. The number of hydrogen-bond acceptors (Lipinski definition) is 4. The summed E-state index contributed by atoms with van der Waals surface area (Å²) in [4.78, 5) is 16.2. The number of Topliss-reactive ketones (excluding diaryl/α,β-unsaturated/α-hetero) is 1. The van der Waals surface area contributed by atoms with E-state index in [1.807, 2.05) is 37.3 Å². The highest BCUT2D eigenvalue weighted by Gasteiger charge is 2.21. The summed E-state index contributed by atoms with van der Waals surface area (Å²) in [6.45, 7) is 3.45. The minimum absolute atomic E-state index is 0.0462. The number of phenolic OH excluding ortho intramolecular Hbond substituents is 1. The molecule has 0 aliphatic rings. The van der Waals surface area contributed by atoms with Gasteiger partial charge in [0.25, 0.3) is 0 Å². The van der Waals surface area contributed by atoms with Crippen LogP contribution in [0.2, 0.25) is 0 Å². The lowest BCUT2D eigenvalue weighted by Crippen LogP contribution is -1.95. The molecule has 0 fully saturated rings. The smallest absolute Gasteiger partial charge is 0.182 e. The number of oxazole rings is 1. The number of aromatic nitrogens is 1. The van der Waals surface area contributed by atoms with E-state index in [-0.39, 0.29) is 17.1 Å². The van der Waals surface area contributed by atoms with E-state index < -0.39 is 0 Å². The van der Waals surface area contributed by atoms with Gasteiger partial charge in [-0.1, -0.05) is 24.3 Å². The molecular weight excluding hydrogens is 278 g/mol. The van der Waals surface area contributed by atoms with Gasteiger partial charge in [0.15, 0.2) is 17.8 Å². The highest BCUT2D eigenvalue weighted by atomic mass is 16.3. The molecule has 0 unspecified atom stereocenters. The third-order valence-corrected chi connectivity index (χ3v) is 4.15. The number of phenols is 1. The van der Waals surface area contributed by atoms with Gasteiger partial charge >= 0.3 is 0 Å².